The zero-order chi connectivity index (χ0) is 32.3. The molecule has 2 rings (SSSR count). The topological polar surface area (TPSA) is 171 Å². The first-order valence-electron chi connectivity index (χ1n) is 13.9. The van der Waals surface area contributed by atoms with E-state index in [1.807, 2.05) is 6.07 Å². The van der Waals surface area contributed by atoms with Crippen LogP contribution in [0.5, 0.6) is 0 Å². The van der Waals surface area contributed by atoms with Crippen LogP contribution in [-0.2, 0) is 41.6 Å². The molecule has 12 heteroatoms. The SMILES string of the molecule is CCC(C)C(NC(=O)C(=O)C(C)NC(=O)C(Cc1ccc(Br)cc1)NC(=O)Cc1ccccc1)C(=O)NC(C)(C)C(=O)O. The molecular formula is C31H39BrN4O7. The molecule has 0 saturated carbocycles. The molecule has 0 aliphatic rings. The summed E-state index contributed by atoms with van der Waals surface area (Å²) < 4.78 is 0.839. The monoisotopic (exact) mass is 658 g/mol. The number of carbonyl (C=O) groups is 6. The summed E-state index contributed by atoms with van der Waals surface area (Å²) >= 11 is 3.36. The van der Waals surface area contributed by atoms with Gasteiger partial charge in [-0.1, -0.05) is 78.7 Å². The summed E-state index contributed by atoms with van der Waals surface area (Å²) in [4.78, 5) is 76.3. The molecule has 0 radical (unpaired) electrons. The van der Waals surface area contributed by atoms with Crippen molar-refractivity contribution in [1.29, 1.82) is 0 Å². The van der Waals surface area contributed by atoms with E-state index in [0.717, 1.165) is 15.6 Å². The maximum atomic E-state index is 13.3. The predicted molar refractivity (Wildman–Crippen MR) is 164 cm³/mol. The van der Waals surface area contributed by atoms with E-state index in [9.17, 15) is 33.9 Å². The first-order valence-corrected chi connectivity index (χ1v) is 14.7. The maximum absolute atomic E-state index is 13.3. The average Bonchev–Trinajstić information content (AvgIpc) is 2.95. The summed E-state index contributed by atoms with van der Waals surface area (Å²) in [7, 11) is 0. The lowest BCUT2D eigenvalue weighted by Crippen LogP contribution is -2.60. The number of hydrogen-bond donors (Lipinski definition) is 5. The number of carboxylic acids is 1. The summed E-state index contributed by atoms with van der Waals surface area (Å²) in [5.41, 5.74) is -0.0884. The molecule has 2 aromatic rings. The molecule has 0 heterocycles. The fourth-order valence-electron chi connectivity index (χ4n) is 4.02. The van der Waals surface area contributed by atoms with Crippen LogP contribution in [-0.4, -0.2) is 64.2 Å². The van der Waals surface area contributed by atoms with E-state index < -0.39 is 65.0 Å². The molecule has 2 aromatic carbocycles. The summed E-state index contributed by atoms with van der Waals surface area (Å²) in [6, 6.07) is 12.7. The Morgan fingerprint density at radius 2 is 1.44 bits per heavy atom. The number of amides is 4. The normalized spacial score (nSPS) is 13.9. The second kappa shape index (κ2) is 16.0. The van der Waals surface area contributed by atoms with Gasteiger partial charge in [-0.15, -0.1) is 0 Å². The van der Waals surface area contributed by atoms with Crippen LogP contribution in [0, 0.1) is 5.92 Å². The molecule has 0 aliphatic carbocycles. The zero-order valence-electron chi connectivity index (χ0n) is 24.9. The molecule has 5 N–H and O–H groups in total. The van der Waals surface area contributed by atoms with Crippen molar-refractivity contribution in [2.45, 2.75) is 77.5 Å². The Morgan fingerprint density at radius 1 is 0.837 bits per heavy atom. The van der Waals surface area contributed by atoms with Gasteiger partial charge in [0, 0.05) is 10.9 Å². The molecule has 0 fully saturated rings. The molecule has 43 heavy (non-hydrogen) atoms. The van der Waals surface area contributed by atoms with Crippen LogP contribution in [0.15, 0.2) is 59.1 Å². The number of hydrogen-bond acceptors (Lipinski definition) is 6. The highest BCUT2D eigenvalue weighted by Gasteiger charge is 2.36. The summed E-state index contributed by atoms with van der Waals surface area (Å²) in [5, 5.41) is 19.4. The largest absolute Gasteiger partial charge is 0.480 e. The third kappa shape index (κ3) is 10.9. The van der Waals surface area contributed by atoms with Crippen molar-refractivity contribution in [3.8, 4) is 0 Å². The van der Waals surface area contributed by atoms with Crippen LogP contribution < -0.4 is 21.3 Å². The Labute approximate surface area is 259 Å². The van der Waals surface area contributed by atoms with Crippen molar-refractivity contribution < 1.29 is 33.9 Å². The second-order valence-corrected chi connectivity index (χ2v) is 11.9. The van der Waals surface area contributed by atoms with Crippen LogP contribution >= 0.6 is 15.9 Å². The molecule has 0 aliphatic heterocycles. The van der Waals surface area contributed by atoms with Gasteiger partial charge in [0.05, 0.1) is 12.5 Å². The van der Waals surface area contributed by atoms with Gasteiger partial charge in [0.15, 0.2) is 0 Å². The quantitative estimate of drug-likeness (QED) is 0.183. The Hall–Kier alpha value is -4.06. The predicted octanol–water partition coefficient (Wildman–Crippen LogP) is 2.30. The second-order valence-electron chi connectivity index (χ2n) is 11.0. The van der Waals surface area contributed by atoms with Crippen LogP contribution in [0.25, 0.3) is 0 Å². The van der Waals surface area contributed by atoms with E-state index in [0.29, 0.717) is 6.42 Å². The van der Waals surface area contributed by atoms with E-state index >= 15 is 0 Å². The van der Waals surface area contributed by atoms with E-state index in [4.69, 9.17) is 0 Å². The van der Waals surface area contributed by atoms with Crippen LogP contribution in [0.4, 0.5) is 0 Å². The van der Waals surface area contributed by atoms with Gasteiger partial charge in [0.1, 0.15) is 17.6 Å². The van der Waals surface area contributed by atoms with E-state index in [1.54, 1.807) is 62.4 Å². The molecule has 0 aromatic heterocycles. The lowest BCUT2D eigenvalue weighted by Gasteiger charge is -2.28. The van der Waals surface area contributed by atoms with E-state index in [1.165, 1.54) is 20.8 Å². The first kappa shape index (κ1) is 35.1. The van der Waals surface area contributed by atoms with Crippen molar-refractivity contribution in [3.05, 3.63) is 70.2 Å². The number of ketones is 1. The van der Waals surface area contributed by atoms with Gasteiger partial charge in [-0.05, 0) is 49.9 Å². The Morgan fingerprint density at radius 3 is 2.00 bits per heavy atom. The molecule has 11 nitrogen and oxygen atoms in total. The number of carboxylic acid groups (broad SMARTS) is 1. The zero-order valence-corrected chi connectivity index (χ0v) is 26.5. The average molecular weight is 660 g/mol. The molecule has 232 valence electrons. The van der Waals surface area contributed by atoms with Crippen LogP contribution in [0.2, 0.25) is 0 Å². The summed E-state index contributed by atoms with van der Waals surface area (Å²) in [6.07, 6.45) is 0.620. The van der Waals surface area contributed by atoms with Crippen molar-refractivity contribution >= 4 is 51.3 Å². The first-order chi connectivity index (χ1) is 20.1. The number of aliphatic carboxylic acids is 1. The minimum atomic E-state index is -1.60. The third-order valence-electron chi connectivity index (χ3n) is 6.94. The highest BCUT2D eigenvalue weighted by atomic mass is 79.9. The molecular weight excluding hydrogens is 620 g/mol. The fraction of sp³-hybridized carbons (Fsp3) is 0.419. The van der Waals surface area contributed by atoms with E-state index in [2.05, 4.69) is 37.2 Å². The van der Waals surface area contributed by atoms with Gasteiger partial charge in [-0.3, -0.25) is 24.0 Å². The number of benzene rings is 2. The molecule has 0 spiro atoms. The minimum absolute atomic E-state index is 0.0413. The highest BCUT2D eigenvalue weighted by Crippen LogP contribution is 2.13. The van der Waals surface area contributed by atoms with Crippen molar-refractivity contribution in [1.82, 2.24) is 21.3 Å². The summed E-state index contributed by atoms with van der Waals surface area (Å²) in [5.74, 6) is -5.64. The third-order valence-corrected chi connectivity index (χ3v) is 7.47. The Bertz CT molecular complexity index is 1320. The van der Waals surface area contributed by atoms with Gasteiger partial charge in [-0.2, -0.15) is 0 Å². The lowest BCUT2D eigenvalue weighted by atomic mass is 9.96. The van der Waals surface area contributed by atoms with Gasteiger partial charge in [0.25, 0.3) is 5.91 Å². The number of rotatable bonds is 15. The van der Waals surface area contributed by atoms with Crippen molar-refractivity contribution in [3.63, 3.8) is 0 Å². The number of Topliss-reactive ketones (excluding diaryl/α,β-unsaturated/α-hetero) is 1. The van der Waals surface area contributed by atoms with Gasteiger partial charge < -0.3 is 26.4 Å². The molecule has 0 saturated heterocycles. The molecule has 4 amide bonds. The fourth-order valence-corrected chi connectivity index (χ4v) is 4.29. The van der Waals surface area contributed by atoms with Gasteiger partial charge in [0.2, 0.25) is 23.5 Å². The standard InChI is InChI=1S/C31H39BrN4O7/c1-6-18(2)25(28(40)36-31(4,5)30(42)43)35-29(41)26(38)19(3)33-27(39)23(16-21-12-14-22(32)15-13-21)34-24(37)17-20-10-8-7-9-11-20/h7-15,18-19,23,25H,6,16-17H2,1-5H3,(H,33,39)(H,34,37)(H,35,41)(H,36,40)(H,42,43). The number of halogens is 1. The van der Waals surface area contributed by atoms with Crippen molar-refractivity contribution in [2.24, 2.45) is 5.92 Å². The van der Waals surface area contributed by atoms with Gasteiger partial charge in [-0.25, -0.2) is 4.79 Å². The number of nitrogens with one attached hydrogen (secondary N) is 4. The lowest BCUT2D eigenvalue weighted by molar-refractivity contribution is -0.147. The molecule has 0 bridgehead atoms. The summed E-state index contributed by atoms with van der Waals surface area (Å²) in [6.45, 7) is 7.39. The minimum Gasteiger partial charge on any atom is -0.480 e. The van der Waals surface area contributed by atoms with Gasteiger partial charge >= 0.3 is 5.97 Å². The maximum Gasteiger partial charge on any atom is 0.328 e. The molecule has 4 unspecified atom stereocenters. The number of carbonyl (C=O) groups excluding carboxylic acids is 5. The van der Waals surface area contributed by atoms with Crippen LogP contribution in [0.3, 0.4) is 0 Å². The smallest absolute Gasteiger partial charge is 0.328 e. The Kier molecular flexibility index (Phi) is 13.0. The van der Waals surface area contributed by atoms with E-state index in [-0.39, 0.29) is 12.8 Å². The highest BCUT2D eigenvalue weighted by molar-refractivity contribution is 9.10. The van der Waals surface area contributed by atoms with Crippen LogP contribution in [0.1, 0.15) is 52.2 Å². The Balaban J connectivity index is 2.15. The van der Waals surface area contributed by atoms with Crippen molar-refractivity contribution in [2.75, 3.05) is 0 Å². The molecule has 4 atom stereocenters.